The smallest absolute Gasteiger partial charge is 0.259 e. The van der Waals surface area contributed by atoms with Gasteiger partial charge in [-0.15, -0.1) is 0 Å². The largest absolute Gasteiger partial charge is 0.292 e. The lowest BCUT2D eigenvalue weighted by atomic mass is 9.78. The summed E-state index contributed by atoms with van der Waals surface area (Å²) in [4.78, 5) is 23.3. The number of imide groups is 1. The average Bonchev–Trinajstić information content (AvgIpc) is 2.15. The minimum Gasteiger partial charge on any atom is -0.292 e. The maximum absolute atomic E-state index is 11.7. The Morgan fingerprint density at radius 1 is 1.27 bits per heavy atom. The highest BCUT2D eigenvalue weighted by molar-refractivity contribution is 9.10. The molecule has 0 spiro atoms. The van der Waals surface area contributed by atoms with Crippen LogP contribution in [0.5, 0.6) is 0 Å². The number of hydrogen-bond donors (Lipinski definition) is 1. The van der Waals surface area contributed by atoms with Crippen LogP contribution < -0.4 is 5.32 Å². The summed E-state index contributed by atoms with van der Waals surface area (Å²) in [6.07, 6.45) is 0. The van der Waals surface area contributed by atoms with E-state index in [2.05, 4.69) is 21.2 Å². The van der Waals surface area contributed by atoms with Crippen molar-refractivity contribution < 1.29 is 9.59 Å². The summed E-state index contributed by atoms with van der Waals surface area (Å²) in [5, 5.41) is 2.36. The molecule has 0 bridgehead atoms. The molecule has 1 aliphatic heterocycles. The predicted octanol–water partition coefficient (Wildman–Crippen LogP) is 2.00. The molecule has 1 N–H and O–H groups in total. The molecule has 0 saturated heterocycles. The zero-order chi connectivity index (χ0) is 11.2. The number of amides is 2. The molecule has 0 fully saturated rings. The van der Waals surface area contributed by atoms with Gasteiger partial charge in [-0.1, -0.05) is 12.1 Å². The molecule has 1 aromatic carbocycles. The van der Waals surface area contributed by atoms with Gasteiger partial charge < -0.3 is 0 Å². The molecule has 2 rings (SSSR count). The van der Waals surface area contributed by atoms with E-state index in [1.54, 1.807) is 19.9 Å². The molecule has 0 saturated carbocycles. The number of rotatable bonds is 0. The first-order valence-corrected chi connectivity index (χ1v) is 5.38. The number of nitrogens with one attached hydrogen (secondary N) is 1. The van der Waals surface area contributed by atoms with Gasteiger partial charge in [0.25, 0.3) is 5.91 Å². The molecular weight excluding hydrogens is 258 g/mol. The van der Waals surface area contributed by atoms with Crippen LogP contribution in [0.25, 0.3) is 0 Å². The van der Waals surface area contributed by atoms with Gasteiger partial charge in [0, 0.05) is 4.47 Å². The predicted molar refractivity (Wildman–Crippen MR) is 59.6 cm³/mol. The van der Waals surface area contributed by atoms with Gasteiger partial charge in [-0.05, 0) is 41.4 Å². The van der Waals surface area contributed by atoms with Crippen molar-refractivity contribution in [3.05, 3.63) is 33.8 Å². The van der Waals surface area contributed by atoms with Crippen molar-refractivity contribution in [1.82, 2.24) is 5.32 Å². The van der Waals surface area contributed by atoms with Crippen LogP contribution in [0.15, 0.2) is 22.7 Å². The molecule has 78 valence electrons. The highest BCUT2D eigenvalue weighted by Gasteiger charge is 2.39. The third kappa shape index (κ3) is 1.40. The topological polar surface area (TPSA) is 46.2 Å². The van der Waals surface area contributed by atoms with E-state index in [1.165, 1.54) is 0 Å². The first-order valence-electron chi connectivity index (χ1n) is 4.59. The molecular formula is C11H10BrNO2. The molecule has 0 radical (unpaired) electrons. The Morgan fingerprint density at radius 2 is 1.93 bits per heavy atom. The van der Waals surface area contributed by atoms with Crippen LogP contribution in [0.2, 0.25) is 0 Å². The summed E-state index contributed by atoms with van der Waals surface area (Å²) in [6, 6.07) is 5.44. The minimum absolute atomic E-state index is 0.252. The number of hydrogen-bond acceptors (Lipinski definition) is 2. The van der Waals surface area contributed by atoms with E-state index < -0.39 is 5.41 Å². The lowest BCUT2D eigenvalue weighted by molar-refractivity contribution is -0.125. The maximum atomic E-state index is 11.7. The standard InChI is InChI=1S/C11H10BrNO2/c1-11(2)6-4-3-5-7(12)8(6)9(14)13-10(11)15/h3-5H,1-2H3,(H,13,14,15). The molecule has 1 heterocycles. The van der Waals surface area contributed by atoms with E-state index in [9.17, 15) is 9.59 Å². The fourth-order valence-electron chi connectivity index (χ4n) is 1.72. The summed E-state index contributed by atoms with van der Waals surface area (Å²) in [5.74, 6) is -0.583. The van der Waals surface area contributed by atoms with Crippen LogP contribution in [0.1, 0.15) is 29.8 Å². The first kappa shape index (κ1) is 10.4. The highest BCUT2D eigenvalue weighted by atomic mass is 79.9. The molecule has 4 heteroatoms. The van der Waals surface area contributed by atoms with E-state index in [1.807, 2.05) is 12.1 Å². The van der Waals surface area contributed by atoms with Gasteiger partial charge in [0.2, 0.25) is 5.91 Å². The Labute approximate surface area is 96.0 Å². The highest BCUT2D eigenvalue weighted by Crippen LogP contribution is 2.33. The molecule has 0 unspecified atom stereocenters. The first-order chi connectivity index (χ1) is 6.94. The van der Waals surface area contributed by atoms with Crippen molar-refractivity contribution in [3.8, 4) is 0 Å². The molecule has 0 atom stereocenters. The third-order valence-corrected chi connectivity index (χ3v) is 3.37. The summed E-state index contributed by atoms with van der Waals surface area (Å²) >= 11 is 3.32. The fraction of sp³-hybridized carbons (Fsp3) is 0.273. The Kier molecular flexibility index (Phi) is 2.19. The molecule has 1 aromatic rings. The van der Waals surface area contributed by atoms with Gasteiger partial charge >= 0.3 is 0 Å². The minimum atomic E-state index is -0.660. The van der Waals surface area contributed by atoms with Gasteiger partial charge in [-0.2, -0.15) is 0 Å². The van der Waals surface area contributed by atoms with Crippen LogP contribution in [0.3, 0.4) is 0 Å². The Morgan fingerprint density at radius 3 is 2.60 bits per heavy atom. The second-order valence-corrected chi connectivity index (χ2v) is 4.92. The van der Waals surface area contributed by atoms with Crippen molar-refractivity contribution in [2.45, 2.75) is 19.3 Å². The third-order valence-electron chi connectivity index (χ3n) is 2.71. The van der Waals surface area contributed by atoms with E-state index in [0.717, 1.165) is 10.0 Å². The van der Waals surface area contributed by atoms with Crippen molar-refractivity contribution in [2.24, 2.45) is 0 Å². The maximum Gasteiger partial charge on any atom is 0.259 e. The van der Waals surface area contributed by atoms with Gasteiger partial charge in [-0.3, -0.25) is 14.9 Å². The van der Waals surface area contributed by atoms with E-state index >= 15 is 0 Å². The van der Waals surface area contributed by atoms with E-state index in [0.29, 0.717) is 5.56 Å². The second kappa shape index (κ2) is 3.17. The summed E-state index contributed by atoms with van der Waals surface area (Å²) in [5.41, 5.74) is 0.667. The van der Waals surface area contributed by atoms with Crippen molar-refractivity contribution in [1.29, 1.82) is 0 Å². The lowest BCUT2D eigenvalue weighted by Crippen LogP contribution is -2.48. The zero-order valence-corrected chi connectivity index (χ0v) is 10.0. The summed E-state index contributed by atoms with van der Waals surface area (Å²) in [7, 11) is 0. The van der Waals surface area contributed by atoms with Crippen LogP contribution in [0.4, 0.5) is 0 Å². The average molecular weight is 268 g/mol. The van der Waals surface area contributed by atoms with Gasteiger partial charge in [-0.25, -0.2) is 0 Å². The van der Waals surface area contributed by atoms with Crippen LogP contribution in [0, 0.1) is 0 Å². The fourth-order valence-corrected chi connectivity index (χ4v) is 2.27. The number of fused-ring (bicyclic) bond motifs is 1. The molecule has 3 nitrogen and oxygen atoms in total. The van der Waals surface area contributed by atoms with Gasteiger partial charge in [0.15, 0.2) is 0 Å². The van der Waals surface area contributed by atoms with Crippen molar-refractivity contribution in [2.75, 3.05) is 0 Å². The quantitative estimate of drug-likeness (QED) is 0.731. The number of carbonyl (C=O) groups excluding carboxylic acids is 2. The summed E-state index contributed by atoms with van der Waals surface area (Å²) in [6.45, 7) is 3.61. The molecule has 1 aliphatic rings. The van der Waals surface area contributed by atoms with Crippen LogP contribution >= 0.6 is 15.9 Å². The normalized spacial score (nSPS) is 18.3. The van der Waals surface area contributed by atoms with Crippen molar-refractivity contribution >= 4 is 27.7 Å². The lowest BCUT2D eigenvalue weighted by Gasteiger charge is -2.30. The van der Waals surface area contributed by atoms with E-state index in [4.69, 9.17) is 0 Å². The molecule has 2 amide bonds. The second-order valence-electron chi connectivity index (χ2n) is 4.07. The summed E-state index contributed by atoms with van der Waals surface area (Å²) < 4.78 is 0.720. The van der Waals surface area contributed by atoms with Crippen LogP contribution in [-0.4, -0.2) is 11.8 Å². The van der Waals surface area contributed by atoms with Gasteiger partial charge in [0.05, 0.1) is 11.0 Å². The monoisotopic (exact) mass is 267 g/mol. The number of halogens is 1. The van der Waals surface area contributed by atoms with Gasteiger partial charge in [0.1, 0.15) is 0 Å². The Bertz CT molecular complexity index is 466. The van der Waals surface area contributed by atoms with Crippen molar-refractivity contribution in [3.63, 3.8) is 0 Å². The van der Waals surface area contributed by atoms with E-state index in [-0.39, 0.29) is 11.8 Å². The number of carbonyl (C=O) groups is 2. The van der Waals surface area contributed by atoms with Crippen LogP contribution in [-0.2, 0) is 10.2 Å². The Hall–Kier alpha value is -1.16. The molecule has 0 aliphatic carbocycles. The Balaban J connectivity index is 2.75. The number of benzene rings is 1. The molecule has 15 heavy (non-hydrogen) atoms. The molecule has 0 aromatic heterocycles. The zero-order valence-electron chi connectivity index (χ0n) is 8.43. The SMILES string of the molecule is CC1(C)C(=O)NC(=O)c2c(Br)cccc21.